The Hall–Kier alpha value is -4.74. The van der Waals surface area contributed by atoms with Crippen molar-refractivity contribution in [2.75, 3.05) is 13.1 Å². The van der Waals surface area contributed by atoms with E-state index in [2.05, 4.69) is 62.4 Å². The topological polar surface area (TPSA) is 74.8 Å². The number of amides is 4. The molecular formula is C50H46N2O4S4. The average molecular weight is 867 g/mol. The van der Waals surface area contributed by atoms with Crippen LogP contribution in [0.3, 0.4) is 0 Å². The van der Waals surface area contributed by atoms with Crippen LogP contribution >= 0.6 is 45.3 Å². The Morgan fingerprint density at radius 1 is 0.417 bits per heavy atom. The molecule has 0 bridgehead atoms. The maximum absolute atomic E-state index is 15.1. The summed E-state index contributed by atoms with van der Waals surface area (Å²) >= 11 is 6.43. The second-order valence-corrected chi connectivity index (χ2v) is 20.6. The van der Waals surface area contributed by atoms with Crippen molar-refractivity contribution >= 4 is 120 Å². The summed E-state index contributed by atoms with van der Waals surface area (Å²) in [5.74, 6) is -1.33. The number of carbonyl (C=O) groups excluding carboxylic acids is 4. The average Bonchev–Trinajstić information content (AvgIpc) is 4.07. The van der Waals surface area contributed by atoms with Crippen LogP contribution in [0.4, 0.5) is 0 Å². The molecule has 8 aromatic rings. The van der Waals surface area contributed by atoms with E-state index in [-0.39, 0.29) is 23.6 Å². The van der Waals surface area contributed by atoms with Crippen LogP contribution in [0, 0.1) is 0 Å². The first-order chi connectivity index (χ1) is 29.4. The Bertz CT molecular complexity index is 2660. The maximum atomic E-state index is 15.1. The number of nitrogens with zero attached hydrogens (tertiary/aromatic N) is 2. The fourth-order valence-electron chi connectivity index (χ4n) is 9.30. The van der Waals surface area contributed by atoms with Crippen molar-refractivity contribution in [3.05, 3.63) is 95.1 Å². The molecule has 6 heterocycles. The van der Waals surface area contributed by atoms with Gasteiger partial charge in [0.15, 0.2) is 0 Å². The van der Waals surface area contributed by atoms with Crippen LogP contribution in [0.1, 0.15) is 132 Å². The summed E-state index contributed by atoms with van der Waals surface area (Å²) in [5, 5.41) is 4.60. The van der Waals surface area contributed by atoms with Crippen molar-refractivity contribution in [3.63, 3.8) is 0 Å². The van der Waals surface area contributed by atoms with Crippen LogP contribution < -0.4 is 0 Å². The lowest BCUT2D eigenvalue weighted by Crippen LogP contribution is -2.44. The Morgan fingerprint density at radius 3 is 1.20 bits per heavy atom. The van der Waals surface area contributed by atoms with E-state index in [1.807, 2.05) is 24.3 Å². The van der Waals surface area contributed by atoms with Crippen LogP contribution in [0.25, 0.3) is 70.6 Å². The normalized spacial score (nSPS) is 14.2. The molecule has 4 aromatic carbocycles. The van der Waals surface area contributed by atoms with Gasteiger partial charge in [0.05, 0.1) is 22.3 Å². The summed E-state index contributed by atoms with van der Waals surface area (Å²) in [6.45, 7) is 5.04. The van der Waals surface area contributed by atoms with Crippen molar-refractivity contribution < 1.29 is 19.2 Å². The second-order valence-electron chi connectivity index (χ2n) is 16.3. The Balaban J connectivity index is 1.22. The Morgan fingerprint density at radius 2 is 0.783 bits per heavy atom. The zero-order valence-electron chi connectivity index (χ0n) is 34.0. The minimum Gasteiger partial charge on any atom is -0.274 e. The fraction of sp³-hybridized carbons (Fsp3) is 0.320. The van der Waals surface area contributed by atoms with E-state index in [1.165, 1.54) is 45.3 Å². The zero-order chi connectivity index (χ0) is 41.1. The highest BCUT2D eigenvalue weighted by Gasteiger charge is 2.44. The van der Waals surface area contributed by atoms with E-state index < -0.39 is 0 Å². The number of imide groups is 2. The number of benzene rings is 4. The molecular weight excluding hydrogens is 821 g/mol. The van der Waals surface area contributed by atoms with Gasteiger partial charge in [-0.1, -0.05) is 114 Å². The molecule has 4 amide bonds. The van der Waals surface area contributed by atoms with E-state index >= 15 is 19.2 Å². The molecule has 60 heavy (non-hydrogen) atoms. The third kappa shape index (κ3) is 6.53. The molecule has 10 rings (SSSR count). The van der Waals surface area contributed by atoms with Gasteiger partial charge in [0, 0.05) is 72.9 Å². The second kappa shape index (κ2) is 16.3. The van der Waals surface area contributed by atoms with Crippen LogP contribution in [0.2, 0.25) is 0 Å². The summed E-state index contributed by atoms with van der Waals surface area (Å²) in [4.78, 5) is 67.3. The number of carbonyl (C=O) groups is 4. The summed E-state index contributed by atoms with van der Waals surface area (Å²) in [7, 11) is 0. The zero-order valence-corrected chi connectivity index (χ0v) is 37.3. The first-order valence-electron chi connectivity index (χ1n) is 21.6. The van der Waals surface area contributed by atoms with E-state index in [0.29, 0.717) is 66.3 Å². The van der Waals surface area contributed by atoms with Gasteiger partial charge < -0.3 is 0 Å². The molecule has 304 valence electrons. The molecule has 0 atom stereocenters. The molecule has 0 saturated carbocycles. The third-order valence-corrected chi connectivity index (χ3v) is 17.3. The summed E-state index contributed by atoms with van der Waals surface area (Å²) in [5.41, 5.74) is 1.78. The van der Waals surface area contributed by atoms with Crippen molar-refractivity contribution in [3.8, 4) is 19.5 Å². The number of fused-ring (bicyclic) bond motifs is 8. The summed E-state index contributed by atoms with van der Waals surface area (Å²) in [6.07, 6.45) is 12.3. The number of hydrogen-bond acceptors (Lipinski definition) is 8. The number of rotatable bonds is 16. The van der Waals surface area contributed by atoms with E-state index in [1.54, 1.807) is 22.7 Å². The smallest absolute Gasteiger partial charge is 0.262 e. The summed E-state index contributed by atoms with van der Waals surface area (Å²) < 4.78 is 3.75. The van der Waals surface area contributed by atoms with E-state index in [9.17, 15) is 0 Å². The quantitative estimate of drug-likeness (QED) is 0.0716. The highest BCUT2D eigenvalue weighted by atomic mass is 32.1. The molecule has 6 nitrogen and oxygen atoms in total. The van der Waals surface area contributed by atoms with Gasteiger partial charge in [-0.3, -0.25) is 29.0 Å². The molecule has 2 aliphatic rings. The van der Waals surface area contributed by atoms with Gasteiger partial charge in [0.2, 0.25) is 0 Å². The molecule has 0 N–H and O–H groups in total. The number of unbranched alkanes of at least 4 members (excludes halogenated alkanes) is 10. The fourth-order valence-corrected chi connectivity index (χ4v) is 14.0. The Labute approximate surface area is 365 Å². The van der Waals surface area contributed by atoms with Crippen molar-refractivity contribution in [2.24, 2.45) is 0 Å². The molecule has 4 aromatic heterocycles. The highest BCUT2D eigenvalue weighted by Crippen LogP contribution is 2.53. The van der Waals surface area contributed by atoms with Crippen molar-refractivity contribution in [1.82, 2.24) is 9.80 Å². The van der Waals surface area contributed by atoms with Crippen LogP contribution in [-0.2, 0) is 0 Å². The highest BCUT2D eigenvalue weighted by molar-refractivity contribution is 7.29. The SMILES string of the molecule is CCCCCCCCN1C(=O)c2c3cc(-c4cc5ccccc5s4)sc3c3c4c(c5cc(-c6cc7ccccc7s6)sc5c(c24)C1=O)C(=O)N(CCCCCCCC)C3=O. The minimum absolute atomic E-state index is 0.322. The van der Waals surface area contributed by atoms with Gasteiger partial charge in [-0.25, -0.2) is 0 Å². The Kier molecular flexibility index (Phi) is 10.7. The van der Waals surface area contributed by atoms with Crippen molar-refractivity contribution in [2.45, 2.75) is 90.9 Å². The van der Waals surface area contributed by atoms with Crippen LogP contribution in [0.15, 0.2) is 72.8 Å². The molecule has 0 radical (unpaired) electrons. The first kappa shape index (κ1) is 39.4. The monoisotopic (exact) mass is 866 g/mol. The molecule has 0 aliphatic carbocycles. The predicted molar refractivity (Wildman–Crippen MR) is 254 cm³/mol. The standard InChI is InChI=1S/C50H46N2O4S4/c1-3-5-7-9-11-17-23-51-47(53)39-31-27-37(35-25-29-19-13-15-21-33(29)57-35)60-46(31)44-42-40(48(54)52(50(44)56)24-18-12-10-8-6-4-2)32-28-38(59-45(32)43(41(39)42)49(51)55)36-26-30-20-14-16-22-34(30)58-36/h13-16,19-22,25-28H,3-12,17-18,23-24H2,1-2H3. The largest absolute Gasteiger partial charge is 0.274 e. The first-order valence-corrected chi connectivity index (χ1v) is 24.9. The molecule has 10 heteroatoms. The molecule has 0 unspecified atom stereocenters. The predicted octanol–water partition coefficient (Wildman–Crippen LogP) is 14.9. The lowest BCUT2D eigenvalue weighted by atomic mass is 9.82. The van der Waals surface area contributed by atoms with Gasteiger partial charge in [-0.2, -0.15) is 0 Å². The lowest BCUT2D eigenvalue weighted by Gasteiger charge is -2.33. The van der Waals surface area contributed by atoms with E-state index in [0.717, 1.165) is 104 Å². The molecule has 0 saturated heterocycles. The molecule has 2 aliphatic heterocycles. The molecule has 0 fully saturated rings. The molecule has 0 spiro atoms. The number of hydrogen-bond donors (Lipinski definition) is 0. The summed E-state index contributed by atoms with van der Waals surface area (Å²) in [6, 6.07) is 25.1. The lowest BCUT2D eigenvalue weighted by molar-refractivity contribution is 0.0590. The van der Waals surface area contributed by atoms with Crippen LogP contribution in [-0.4, -0.2) is 46.5 Å². The minimum atomic E-state index is -0.334. The van der Waals surface area contributed by atoms with Gasteiger partial charge in [-0.15, -0.1) is 45.3 Å². The van der Waals surface area contributed by atoms with Crippen molar-refractivity contribution in [1.29, 1.82) is 0 Å². The van der Waals surface area contributed by atoms with Gasteiger partial charge >= 0.3 is 0 Å². The third-order valence-electron chi connectivity index (χ3n) is 12.4. The van der Waals surface area contributed by atoms with Gasteiger partial charge in [0.1, 0.15) is 0 Å². The van der Waals surface area contributed by atoms with E-state index in [4.69, 9.17) is 0 Å². The van der Waals surface area contributed by atoms with Gasteiger partial charge in [-0.05, 0) is 60.0 Å². The maximum Gasteiger partial charge on any atom is 0.262 e. The number of thiophene rings is 4. The van der Waals surface area contributed by atoms with Gasteiger partial charge in [0.25, 0.3) is 23.6 Å². The van der Waals surface area contributed by atoms with Crippen LogP contribution in [0.5, 0.6) is 0 Å².